The molecule has 2 unspecified atom stereocenters. The molecule has 2 atom stereocenters. The van der Waals surface area contributed by atoms with Crippen LogP contribution in [-0.2, 0) is 9.59 Å². The number of hydrogen-bond acceptors (Lipinski definition) is 4. The minimum Gasteiger partial charge on any atom is -0.342 e. The molecule has 0 aromatic carbocycles. The van der Waals surface area contributed by atoms with E-state index in [2.05, 4.69) is 5.32 Å². The summed E-state index contributed by atoms with van der Waals surface area (Å²) in [4.78, 5) is 27.4. The molecule has 2 aliphatic rings. The third kappa shape index (κ3) is 7.15. The molecule has 2 fully saturated rings. The molecule has 0 saturated carbocycles. The Morgan fingerprint density at radius 1 is 1.35 bits per heavy atom. The highest BCUT2D eigenvalue weighted by molar-refractivity contribution is 7.99. The van der Waals surface area contributed by atoms with Crippen molar-refractivity contribution in [3.8, 4) is 0 Å². The largest absolute Gasteiger partial charge is 0.406 e. The summed E-state index contributed by atoms with van der Waals surface area (Å²) in [7, 11) is 0. The number of likely N-dealkylation sites (tertiary alicyclic amines) is 1. The minimum atomic E-state index is -4.40. The zero-order valence-corrected chi connectivity index (χ0v) is 16.5. The van der Waals surface area contributed by atoms with Crippen LogP contribution >= 0.6 is 24.2 Å². The van der Waals surface area contributed by atoms with Crippen LogP contribution in [0.3, 0.4) is 0 Å². The number of carbonyl (C=O) groups is 2. The average Bonchev–Trinajstić information content (AvgIpc) is 2.59. The van der Waals surface area contributed by atoms with Crippen LogP contribution in [0.4, 0.5) is 13.2 Å². The molecule has 0 radical (unpaired) electrons. The third-order valence-electron chi connectivity index (χ3n) is 4.61. The standard InChI is InChI=1S/C16H26F3N3O2S.ClH/c1-2-21(11-16(17,18)19)15(24)12-4-3-6-22(9-12)14(23)8-13-10-25-7-5-20-13;/h12-13,20H,2-11H2,1H3;1H. The van der Waals surface area contributed by atoms with E-state index in [0.717, 1.165) is 23.0 Å². The first-order chi connectivity index (χ1) is 11.8. The van der Waals surface area contributed by atoms with Gasteiger partial charge in [0.05, 0.1) is 5.92 Å². The Bertz CT molecular complexity index is 476. The molecule has 2 aliphatic heterocycles. The van der Waals surface area contributed by atoms with E-state index >= 15 is 0 Å². The summed E-state index contributed by atoms with van der Waals surface area (Å²) in [6, 6.07) is 0.139. The molecule has 5 nitrogen and oxygen atoms in total. The highest BCUT2D eigenvalue weighted by Gasteiger charge is 2.36. The van der Waals surface area contributed by atoms with Gasteiger partial charge in [0.25, 0.3) is 0 Å². The van der Waals surface area contributed by atoms with Crippen LogP contribution in [0.25, 0.3) is 0 Å². The van der Waals surface area contributed by atoms with Gasteiger partial charge in [-0.25, -0.2) is 0 Å². The number of nitrogens with one attached hydrogen (secondary N) is 1. The third-order valence-corrected chi connectivity index (χ3v) is 5.74. The van der Waals surface area contributed by atoms with E-state index in [1.165, 1.54) is 0 Å². The quantitative estimate of drug-likeness (QED) is 0.744. The van der Waals surface area contributed by atoms with E-state index in [9.17, 15) is 22.8 Å². The van der Waals surface area contributed by atoms with E-state index in [1.54, 1.807) is 11.8 Å². The van der Waals surface area contributed by atoms with E-state index in [4.69, 9.17) is 0 Å². The summed E-state index contributed by atoms with van der Waals surface area (Å²) in [5.74, 6) is 0.877. The number of carbonyl (C=O) groups excluding carboxylic acids is 2. The monoisotopic (exact) mass is 417 g/mol. The van der Waals surface area contributed by atoms with Crippen LogP contribution in [-0.4, -0.2) is 78.1 Å². The molecule has 2 rings (SSSR count). The fourth-order valence-corrected chi connectivity index (χ4v) is 4.27. The lowest BCUT2D eigenvalue weighted by Gasteiger charge is -2.36. The Balaban J connectivity index is 0.00000338. The second-order valence-corrected chi connectivity index (χ2v) is 7.73. The number of hydrogen-bond donors (Lipinski definition) is 1. The number of piperidine rings is 1. The van der Waals surface area contributed by atoms with Gasteiger partial charge in [-0.2, -0.15) is 24.9 Å². The smallest absolute Gasteiger partial charge is 0.342 e. The molecular formula is C16H27ClF3N3O2S. The second-order valence-electron chi connectivity index (χ2n) is 6.58. The Hall–Kier alpha value is -0.670. The first-order valence-electron chi connectivity index (χ1n) is 8.74. The minimum absolute atomic E-state index is 0. The Morgan fingerprint density at radius 2 is 2.08 bits per heavy atom. The van der Waals surface area contributed by atoms with Crippen molar-refractivity contribution < 1.29 is 22.8 Å². The second kappa shape index (κ2) is 10.6. The van der Waals surface area contributed by atoms with Gasteiger partial charge in [0.2, 0.25) is 11.8 Å². The molecule has 0 aliphatic carbocycles. The number of amides is 2. The summed E-state index contributed by atoms with van der Waals surface area (Å²) in [5.41, 5.74) is 0. The topological polar surface area (TPSA) is 52.7 Å². The maximum atomic E-state index is 12.6. The average molecular weight is 418 g/mol. The Morgan fingerprint density at radius 3 is 2.65 bits per heavy atom. The predicted molar refractivity (Wildman–Crippen MR) is 98.6 cm³/mol. The van der Waals surface area contributed by atoms with E-state index in [0.29, 0.717) is 25.8 Å². The van der Waals surface area contributed by atoms with E-state index in [1.807, 2.05) is 11.8 Å². The predicted octanol–water partition coefficient (Wildman–Crippen LogP) is 2.15. The van der Waals surface area contributed by atoms with Crippen molar-refractivity contribution in [3.05, 3.63) is 0 Å². The molecule has 2 amide bonds. The van der Waals surface area contributed by atoms with E-state index < -0.39 is 24.5 Å². The van der Waals surface area contributed by atoms with Gasteiger partial charge in [-0.15, -0.1) is 12.4 Å². The number of nitrogens with zero attached hydrogens (tertiary/aromatic N) is 2. The molecule has 10 heteroatoms. The number of rotatable bonds is 5. The molecule has 152 valence electrons. The summed E-state index contributed by atoms with van der Waals surface area (Å²) < 4.78 is 37.9. The van der Waals surface area contributed by atoms with Crippen molar-refractivity contribution in [2.75, 3.05) is 44.2 Å². The van der Waals surface area contributed by atoms with Gasteiger partial charge in [-0.05, 0) is 19.8 Å². The van der Waals surface area contributed by atoms with Crippen LogP contribution in [0.15, 0.2) is 0 Å². The van der Waals surface area contributed by atoms with Gasteiger partial charge in [-0.3, -0.25) is 9.59 Å². The summed E-state index contributed by atoms with van der Waals surface area (Å²) in [6.07, 6.45) is -2.83. The maximum Gasteiger partial charge on any atom is 0.406 e. The normalized spacial score (nSPS) is 23.9. The lowest BCUT2D eigenvalue weighted by Crippen LogP contribution is -2.50. The zero-order chi connectivity index (χ0) is 18.4. The summed E-state index contributed by atoms with van der Waals surface area (Å²) in [6.45, 7) is 2.02. The zero-order valence-electron chi connectivity index (χ0n) is 14.9. The molecule has 2 saturated heterocycles. The highest BCUT2D eigenvalue weighted by Crippen LogP contribution is 2.23. The molecule has 0 aromatic heterocycles. The highest BCUT2D eigenvalue weighted by atomic mass is 35.5. The van der Waals surface area contributed by atoms with Crippen molar-refractivity contribution >= 4 is 36.0 Å². The van der Waals surface area contributed by atoms with E-state index in [-0.39, 0.29) is 37.4 Å². The molecule has 1 N–H and O–H groups in total. The van der Waals surface area contributed by atoms with Crippen LogP contribution in [0.1, 0.15) is 26.2 Å². The maximum absolute atomic E-state index is 12.6. The molecule has 0 aromatic rings. The molecule has 0 spiro atoms. The summed E-state index contributed by atoms with van der Waals surface area (Å²) >= 11 is 1.81. The van der Waals surface area contributed by atoms with Crippen LogP contribution < -0.4 is 5.32 Å². The van der Waals surface area contributed by atoms with Gasteiger partial charge in [-0.1, -0.05) is 0 Å². The molecular weight excluding hydrogens is 391 g/mol. The lowest BCUT2D eigenvalue weighted by molar-refractivity contribution is -0.164. The molecule has 2 heterocycles. The molecule has 0 bridgehead atoms. The van der Waals surface area contributed by atoms with Crippen molar-refractivity contribution in [3.63, 3.8) is 0 Å². The first kappa shape index (κ1) is 23.4. The SMILES string of the molecule is CCN(CC(F)(F)F)C(=O)C1CCCN(C(=O)CC2CSCCN2)C1.Cl. The van der Waals surface area contributed by atoms with Gasteiger partial charge in [0.15, 0.2) is 0 Å². The Labute approximate surface area is 162 Å². The fourth-order valence-electron chi connectivity index (χ4n) is 3.32. The van der Waals surface area contributed by atoms with Gasteiger partial charge in [0.1, 0.15) is 6.54 Å². The van der Waals surface area contributed by atoms with Crippen LogP contribution in [0.5, 0.6) is 0 Å². The van der Waals surface area contributed by atoms with Crippen molar-refractivity contribution in [1.82, 2.24) is 15.1 Å². The summed E-state index contributed by atoms with van der Waals surface area (Å²) in [5, 5.41) is 3.31. The number of halogens is 4. The first-order valence-corrected chi connectivity index (χ1v) is 9.90. The van der Waals surface area contributed by atoms with Gasteiger partial charge < -0.3 is 15.1 Å². The van der Waals surface area contributed by atoms with Crippen LogP contribution in [0, 0.1) is 5.92 Å². The van der Waals surface area contributed by atoms with Crippen LogP contribution in [0.2, 0.25) is 0 Å². The lowest BCUT2D eigenvalue weighted by atomic mass is 9.96. The van der Waals surface area contributed by atoms with Crippen molar-refractivity contribution in [2.24, 2.45) is 5.92 Å². The fraction of sp³-hybridized carbons (Fsp3) is 0.875. The molecule has 26 heavy (non-hydrogen) atoms. The number of alkyl halides is 3. The van der Waals surface area contributed by atoms with Crippen molar-refractivity contribution in [1.29, 1.82) is 0 Å². The number of thioether (sulfide) groups is 1. The Kier molecular flexibility index (Phi) is 9.54. The van der Waals surface area contributed by atoms with Gasteiger partial charge >= 0.3 is 6.18 Å². The van der Waals surface area contributed by atoms with Gasteiger partial charge in [0, 0.05) is 50.1 Å². The van der Waals surface area contributed by atoms with Crippen molar-refractivity contribution in [2.45, 2.75) is 38.4 Å².